The van der Waals surface area contributed by atoms with Crippen molar-refractivity contribution in [2.24, 2.45) is 0 Å². The van der Waals surface area contributed by atoms with Crippen molar-refractivity contribution in [1.29, 1.82) is 0 Å². The molecular weight excluding hydrogens is 190 g/mol. The van der Waals surface area contributed by atoms with Gasteiger partial charge >= 0.3 is 5.97 Å². The number of carboxylic acid groups (broad SMARTS) is 1. The predicted octanol–water partition coefficient (Wildman–Crippen LogP) is 0.613. The van der Waals surface area contributed by atoms with Crippen molar-refractivity contribution in [2.75, 3.05) is 6.61 Å². The van der Waals surface area contributed by atoms with Crippen LogP contribution in [-0.2, 0) is 17.6 Å². The van der Waals surface area contributed by atoms with Crippen LogP contribution >= 0.6 is 11.3 Å². The van der Waals surface area contributed by atoms with Crippen LogP contribution in [0.25, 0.3) is 0 Å². The number of aromatic nitrogens is 1. The van der Waals surface area contributed by atoms with Crippen molar-refractivity contribution in [2.45, 2.75) is 19.8 Å². The molecule has 0 atom stereocenters. The summed E-state index contributed by atoms with van der Waals surface area (Å²) in [6.45, 7) is 1.84. The Morgan fingerprint density at radius 1 is 1.62 bits per heavy atom. The first-order chi connectivity index (χ1) is 6.13. The molecule has 0 radical (unpaired) electrons. The van der Waals surface area contributed by atoms with Crippen molar-refractivity contribution in [3.63, 3.8) is 0 Å². The van der Waals surface area contributed by atoms with Gasteiger partial charge in [0.1, 0.15) is 0 Å². The van der Waals surface area contributed by atoms with Crippen molar-refractivity contribution in [3.8, 4) is 0 Å². The molecule has 0 aliphatic rings. The maximum absolute atomic E-state index is 10.4. The SMILES string of the molecule is Cc1nc(CCO)sc1CC(=O)O. The second-order valence-electron chi connectivity index (χ2n) is 2.66. The molecule has 0 amide bonds. The number of hydrogen-bond acceptors (Lipinski definition) is 4. The summed E-state index contributed by atoms with van der Waals surface area (Å²) in [5.41, 5.74) is 0.760. The molecule has 1 aromatic heterocycles. The van der Waals surface area contributed by atoms with E-state index in [9.17, 15) is 4.79 Å². The molecule has 1 heterocycles. The van der Waals surface area contributed by atoms with Gasteiger partial charge in [-0.05, 0) is 6.92 Å². The minimum Gasteiger partial charge on any atom is -0.481 e. The lowest BCUT2D eigenvalue weighted by molar-refractivity contribution is -0.136. The van der Waals surface area contributed by atoms with E-state index in [1.165, 1.54) is 11.3 Å². The Labute approximate surface area is 79.9 Å². The average molecular weight is 201 g/mol. The fraction of sp³-hybridized carbons (Fsp3) is 0.500. The number of carbonyl (C=O) groups is 1. The maximum atomic E-state index is 10.4. The van der Waals surface area contributed by atoms with Crippen LogP contribution in [0.2, 0.25) is 0 Å². The third kappa shape index (κ3) is 2.78. The zero-order valence-corrected chi connectivity index (χ0v) is 8.10. The van der Waals surface area contributed by atoms with Gasteiger partial charge in [-0.1, -0.05) is 0 Å². The standard InChI is InChI=1S/C8H11NO3S/c1-5-6(4-8(11)12)13-7(9-5)2-3-10/h10H,2-4H2,1H3,(H,11,12). The highest BCUT2D eigenvalue weighted by atomic mass is 32.1. The monoisotopic (exact) mass is 201 g/mol. The summed E-state index contributed by atoms with van der Waals surface area (Å²) in [6, 6.07) is 0. The molecule has 2 N–H and O–H groups in total. The Balaban J connectivity index is 2.77. The molecule has 5 heteroatoms. The van der Waals surface area contributed by atoms with Gasteiger partial charge in [-0.2, -0.15) is 0 Å². The van der Waals surface area contributed by atoms with Crippen LogP contribution in [0.1, 0.15) is 15.6 Å². The summed E-state index contributed by atoms with van der Waals surface area (Å²) in [7, 11) is 0. The number of thiazole rings is 1. The quantitative estimate of drug-likeness (QED) is 0.749. The number of aryl methyl sites for hydroxylation is 1. The van der Waals surface area contributed by atoms with Crippen molar-refractivity contribution in [1.82, 2.24) is 4.98 Å². The number of aliphatic carboxylic acids is 1. The average Bonchev–Trinajstić information content (AvgIpc) is 2.31. The number of aliphatic hydroxyl groups is 1. The fourth-order valence-electron chi connectivity index (χ4n) is 0.992. The number of hydrogen-bond donors (Lipinski definition) is 2. The molecule has 0 spiro atoms. The Hall–Kier alpha value is -0.940. The van der Waals surface area contributed by atoms with E-state index in [1.54, 1.807) is 6.92 Å². The molecule has 0 aromatic carbocycles. The summed E-state index contributed by atoms with van der Waals surface area (Å²) in [5, 5.41) is 18.0. The van der Waals surface area contributed by atoms with E-state index in [0.29, 0.717) is 6.42 Å². The van der Waals surface area contributed by atoms with Crippen LogP contribution < -0.4 is 0 Å². The van der Waals surface area contributed by atoms with Gasteiger partial charge in [0.15, 0.2) is 0 Å². The van der Waals surface area contributed by atoms with Crippen LogP contribution in [0.4, 0.5) is 0 Å². The van der Waals surface area contributed by atoms with E-state index < -0.39 is 5.97 Å². The second kappa shape index (κ2) is 4.34. The number of carboxylic acids is 1. The van der Waals surface area contributed by atoms with Crippen LogP contribution in [0.15, 0.2) is 0 Å². The normalized spacial score (nSPS) is 10.3. The van der Waals surface area contributed by atoms with Crippen molar-refractivity contribution < 1.29 is 15.0 Å². The minimum absolute atomic E-state index is 0.0227. The zero-order chi connectivity index (χ0) is 9.84. The van der Waals surface area contributed by atoms with Gasteiger partial charge in [-0.25, -0.2) is 4.98 Å². The topological polar surface area (TPSA) is 70.4 Å². The third-order valence-corrected chi connectivity index (χ3v) is 2.79. The highest BCUT2D eigenvalue weighted by Gasteiger charge is 2.09. The molecule has 72 valence electrons. The van der Waals surface area contributed by atoms with Crippen LogP contribution in [0.3, 0.4) is 0 Å². The van der Waals surface area contributed by atoms with Gasteiger partial charge in [-0.3, -0.25) is 4.79 Å². The highest BCUT2D eigenvalue weighted by Crippen LogP contribution is 2.18. The molecule has 0 aliphatic carbocycles. The minimum atomic E-state index is -0.845. The van der Waals surface area contributed by atoms with E-state index in [4.69, 9.17) is 10.2 Å². The maximum Gasteiger partial charge on any atom is 0.308 e. The lowest BCUT2D eigenvalue weighted by Gasteiger charge is -1.89. The molecular formula is C8H11NO3S. The fourth-order valence-corrected chi connectivity index (χ4v) is 2.04. The van der Waals surface area contributed by atoms with E-state index in [2.05, 4.69) is 4.98 Å². The Kier molecular flexibility index (Phi) is 3.39. The summed E-state index contributed by atoms with van der Waals surface area (Å²) in [5.74, 6) is -0.845. The largest absolute Gasteiger partial charge is 0.481 e. The lowest BCUT2D eigenvalue weighted by Crippen LogP contribution is -1.99. The van der Waals surface area contributed by atoms with Gasteiger partial charge in [0.2, 0.25) is 0 Å². The number of rotatable bonds is 4. The van der Waals surface area contributed by atoms with Crippen LogP contribution in [0.5, 0.6) is 0 Å². The van der Waals surface area contributed by atoms with Crippen molar-refractivity contribution in [3.05, 3.63) is 15.6 Å². The van der Waals surface area contributed by atoms with Crippen molar-refractivity contribution >= 4 is 17.3 Å². The lowest BCUT2D eigenvalue weighted by atomic mass is 10.3. The third-order valence-electron chi connectivity index (χ3n) is 1.57. The molecule has 0 aliphatic heterocycles. The van der Waals surface area contributed by atoms with E-state index >= 15 is 0 Å². The molecule has 4 nitrogen and oxygen atoms in total. The first kappa shape index (κ1) is 10.1. The zero-order valence-electron chi connectivity index (χ0n) is 7.28. The van der Waals surface area contributed by atoms with Gasteiger partial charge in [0, 0.05) is 17.9 Å². The van der Waals surface area contributed by atoms with Crippen LogP contribution in [-0.4, -0.2) is 27.8 Å². The van der Waals surface area contributed by atoms with Crippen LogP contribution in [0, 0.1) is 6.92 Å². The summed E-state index contributed by atoms with van der Waals surface area (Å²) < 4.78 is 0. The molecule has 1 aromatic rings. The van der Waals surface area contributed by atoms with Gasteiger partial charge < -0.3 is 10.2 Å². The molecule has 0 bridgehead atoms. The number of nitrogens with zero attached hydrogens (tertiary/aromatic N) is 1. The first-order valence-corrected chi connectivity index (χ1v) is 4.73. The molecule has 1 rings (SSSR count). The Morgan fingerprint density at radius 2 is 2.31 bits per heavy atom. The summed E-state index contributed by atoms with van der Waals surface area (Å²) >= 11 is 1.36. The molecule has 0 saturated heterocycles. The predicted molar refractivity (Wildman–Crippen MR) is 49.0 cm³/mol. The Morgan fingerprint density at radius 3 is 2.85 bits per heavy atom. The molecule has 0 fully saturated rings. The van der Waals surface area contributed by atoms with Gasteiger partial charge in [0.05, 0.1) is 17.1 Å². The molecule has 0 saturated carbocycles. The Bertz CT molecular complexity index is 308. The van der Waals surface area contributed by atoms with Gasteiger partial charge in [0.25, 0.3) is 0 Å². The molecule has 0 unspecified atom stereocenters. The van der Waals surface area contributed by atoms with E-state index in [-0.39, 0.29) is 13.0 Å². The first-order valence-electron chi connectivity index (χ1n) is 3.91. The summed E-state index contributed by atoms with van der Waals surface area (Å²) in [4.78, 5) is 15.3. The van der Waals surface area contributed by atoms with E-state index in [0.717, 1.165) is 15.6 Å². The van der Waals surface area contributed by atoms with E-state index in [1.807, 2.05) is 0 Å². The second-order valence-corrected chi connectivity index (χ2v) is 3.83. The highest BCUT2D eigenvalue weighted by molar-refractivity contribution is 7.11. The molecule has 13 heavy (non-hydrogen) atoms. The number of aliphatic hydroxyl groups excluding tert-OH is 1. The summed E-state index contributed by atoms with van der Waals surface area (Å²) in [6.07, 6.45) is 0.528. The van der Waals surface area contributed by atoms with Gasteiger partial charge in [-0.15, -0.1) is 11.3 Å². The smallest absolute Gasteiger partial charge is 0.308 e.